The van der Waals surface area contributed by atoms with Gasteiger partial charge in [0.25, 0.3) is 0 Å². The Morgan fingerprint density at radius 2 is 1.78 bits per heavy atom. The number of fused-ring (bicyclic) bond motifs is 1. The Kier molecular flexibility index (Phi) is 3.19. The number of amides is 1. The van der Waals surface area contributed by atoms with Crippen LogP contribution in [-0.2, 0) is 6.42 Å². The number of rotatable bonds is 2. The Morgan fingerprint density at radius 3 is 2.43 bits per heavy atom. The number of carboxylic acid groups (broad SMARTS) is 1. The van der Waals surface area contributed by atoms with Gasteiger partial charge in [-0.3, -0.25) is 0 Å². The zero-order valence-electron chi connectivity index (χ0n) is 13.3. The molecule has 1 saturated carbocycles. The summed E-state index contributed by atoms with van der Waals surface area (Å²) in [6, 6.07) is 15.0. The summed E-state index contributed by atoms with van der Waals surface area (Å²) in [4.78, 5) is 11.3. The van der Waals surface area contributed by atoms with Gasteiger partial charge >= 0.3 is 6.09 Å². The molecule has 2 N–H and O–H groups in total. The van der Waals surface area contributed by atoms with E-state index < -0.39 is 6.09 Å². The van der Waals surface area contributed by atoms with E-state index in [4.69, 9.17) is 0 Å². The molecule has 2 aliphatic rings. The molecule has 3 heteroatoms. The summed E-state index contributed by atoms with van der Waals surface area (Å²) >= 11 is 0. The van der Waals surface area contributed by atoms with E-state index >= 15 is 0 Å². The molecule has 0 aliphatic heterocycles. The Morgan fingerprint density at radius 1 is 1.09 bits per heavy atom. The van der Waals surface area contributed by atoms with E-state index in [0.717, 1.165) is 25.7 Å². The van der Waals surface area contributed by atoms with Gasteiger partial charge in [-0.15, -0.1) is 0 Å². The number of benzene rings is 2. The third-order valence-electron chi connectivity index (χ3n) is 5.51. The van der Waals surface area contributed by atoms with Gasteiger partial charge in [-0.05, 0) is 66.3 Å². The molecule has 0 bridgehead atoms. The lowest BCUT2D eigenvalue weighted by Crippen LogP contribution is -2.36. The van der Waals surface area contributed by atoms with Crippen molar-refractivity contribution in [3.8, 4) is 11.1 Å². The summed E-state index contributed by atoms with van der Waals surface area (Å²) in [5.74, 6) is 0. The van der Waals surface area contributed by atoms with Crippen LogP contribution in [0.5, 0.6) is 0 Å². The van der Waals surface area contributed by atoms with E-state index in [9.17, 15) is 9.90 Å². The molecule has 1 amide bonds. The normalized spacial score (nSPS) is 20.8. The molecule has 3 nitrogen and oxygen atoms in total. The van der Waals surface area contributed by atoms with Gasteiger partial charge in [0, 0.05) is 0 Å². The molecule has 1 spiro atoms. The van der Waals surface area contributed by atoms with Crippen LogP contribution in [-0.4, -0.2) is 11.2 Å². The van der Waals surface area contributed by atoms with Crippen molar-refractivity contribution in [3.63, 3.8) is 0 Å². The fourth-order valence-electron chi connectivity index (χ4n) is 3.93. The van der Waals surface area contributed by atoms with Crippen LogP contribution in [0.15, 0.2) is 42.5 Å². The van der Waals surface area contributed by atoms with Crippen LogP contribution in [0.2, 0.25) is 0 Å². The molecular weight excluding hydrogens is 286 g/mol. The van der Waals surface area contributed by atoms with Crippen LogP contribution in [0.1, 0.15) is 42.0 Å². The maximum atomic E-state index is 11.3. The fourth-order valence-corrected chi connectivity index (χ4v) is 3.93. The summed E-state index contributed by atoms with van der Waals surface area (Å²) in [5, 5.41) is 12.1. The summed E-state index contributed by atoms with van der Waals surface area (Å²) in [7, 11) is 0. The van der Waals surface area contributed by atoms with Crippen molar-refractivity contribution in [1.82, 2.24) is 5.32 Å². The minimum Gasteiger partial charge on any atom is -0.465 e. The second kappa shape index (κ2) is 5.12. The molecule has 2 aromatic carbocycles. The van der Waals surface area contributed by atoms with Crippen molar-refractivity contribution in [2.45, 2.75) is 38.6 Å². The molecule has 0 saturated heterocycles. The van der Waals surface area contributed by atoms with Crippen LogP contribution in [0.3, 0.4) is 0 Å². The second-order valence-electron chi connectivity index (χ2n) is 7.02. The second-order valence-corrected chi connectivity index (χ2v) is 7.02. The molecule has 4 rings (SSSR count). The topological polar surface area (TPSA) is 49.3 Å². The number of hydrogen-bond acceptors (Lipinski definition) is 1. The van der Waals surface area contributed by atoms with Crippen LogP contribution in [0, 0.1) is 12.3 Å². The van der Waals surface area contributed by atoms with E-state index in [1.807, 2.05) is 0 Å². The van der Waals surface area contributed by atoms with Crippen molar-refractivity contribution in [3.05, 3.63) is 59.2 Å². The molecule has 0 heterocycles. The molecule has 0 aromatic heterocycles. The standard InChI is InChI=1S/C20H21NO2/c1-13-2-4-14(5-3-13)16-7-6-15-8-9-20(10-11-20)18(17(15)12-16)21-19(22)23/h2-7,12,18,21H,8-11H2,1H3,(H,22,23). The Labute approximate surface area is 136 Å². The molecule has 2 aliphatic carbocycles. The van der Waals surface area contributed by atoms with Gasteiger partial charge in [0.15, 0.2) is 0 Å². The van der Waals surface area contributed by atoms with Crippen LogP contribution in [0.4, 0.5) is 4.79 Å². The van der Waals surface area contributed by atoms with Crippen LogP contribution >= 0.6 is 0 Å². The van der Waals surface area contributed by atoms with Crippen molar-refractivity contribution < 1.29 is 9.90 Å². The Balaban J connectivity index is 1.77. The quantitative estimate of drug-likeness (QED) is 0.845. The van der Waals surface area contributed by atoms with Crippen molar-refractivity contribution in [2.75, 3.05) is 0 Å². The maximum Gasteiger partial charge on any atom is 0.405 e. The third kappa shape index (κ3) is 2.50. The number of carbonyl (C=O) groups is 1. The first-order chi connectivity index (χ1) is 11.1. The lowest BCUT2D eigenvalue weighted by Gasteiger charge is -2.34. The summed E-state index contributed by atoms with van der Waals surface area (Å²) in [6.07, 6.45) is 3.49. The van der Waals surface area contributed by atoms with E-state index in [2.05, 4.69) is 54.7 Å². The monoisotopic (exact) mass is 307 g/mol. The molecule has 23 heavy (non-hydrogen) atoms. The number of nitrogens with one attached hydrogen (secondary N) is 1. The maximum absolute atomic E-state index is 11.3. The number of aryl methyl sites for hydroxylation is 2. The van der Waals surface area contributed by atoms with Gasteiger partial charge in [-0.1, -0.05) is 42.0 Å². The van der Waals surface area contributed by atoms with E-state index in [-0.39, 0.29) is 11.5 Å². The molecule has 118 valence electrons. The average molecular weight is 307 g/mol. The van der Waals surface area contributed by atoms with Crippen LogP contribution in [0.25, 0.3) is 11.1 Å². The summed E-state index contributed by atoms with van der Waals surface area (Å²) < 4.78 is 0. The Hall–Kier alpha value is -2.29. The largest absolute Gasteiger partial charge is 0.465 e. The third-order valence-corrected chi connectivity index (χ3v) is 5.51. The first-order valence-electron chi connectivity index (χ1n) is 8.27. The van der Waals surface area contributed by atoms with Gasteiger partial charge in [0.05, 0.1) is 6.04 Å². The minimum absolute atomic E-state index is 0.0610. The average Bonchev–Trinajstić information content (AvgIpc) is 3.31. The van der Waals surface area contributed by atoms with Gasteiger partial charge in [0.2, 0.25) is 0 Å². The first-order valence-corrected chi connectivity index (χ1v) is 8.27. The highest BCUT2D eigenvalue weighted by atomic mass is 16.4. The van der Waals surface area contributed by atoms with Gasteiger partial charge in [0.1, 0.15) is 0 Å². The smallest absolute Gasteiger partial charge is 0.405 e. The van der Waals surface area contributed by atoms with Gasteiger partial charge < -0.3 is 10.4 Å². The number of hydrogen-bond donors (Lipinski definition) is 2. The van der Waals surface area contributed by atoms with E-state index in [1.165, 1.54) is 27.8 Å². The lowest BCUT2D eigenvalue weighted by molar-refractivity contribution is 0.178. The molecule has 1 fully saturated rings. The highest BCUT2D eigenvalue weighted by Gasteiger charge is 2.52. The highest BCUT2D eigenvalue weighted by Crippen LogP contribution is 2.61. The molecule has 2 aromatic rings. The zero-order valence-corrected chi connectivity index (χ0v) is 13.3. The SMILES string of the molecule is Cc1ccc(-c2ccc3c(c2)C(NC(=O)O)C2(CC3)CC2)cc1. The summed E-state index contributed by atoms with van der Waals surface area (Å²) in [5.41, 5.74) is 6.22. The zero-order chi connectivity index (χ0) is 16.0. The molecular formula is C20H21NO2. The Bertz CT molecular complexity index is 760. The minimum atomic E-state index is -0.921. The predicted octanol–water partition coefficient (Wildman–Crippen LogP) is 4.70. The first kappa shape index (κ1) is 14.3. The highest BCUT2D eigenvalue weighted by molar-refractivity contribution is 5.68. The summed E-state index contributed by atoms with van der Waals surface area (Å²) in [6.45, 7) is 2.08. The molecule has 0 radical (unpaired) electrons. The van der Waals surface area contributed by atoms with E-state index in [0.29, 0.717) is 0 Å². The predicted molar refractivity (Wildman–Crippen MR) is 90.5 cm³/mol. The van der Waals surface area contributed by atoms with E-state index in [1.54, 1.807) is 0 Å². The van der Waals surface area contributed by atoms with Crippen molar-refractivity contribution in [2.24, 2.45) is 5.41 Å². The van der Waals surface area contributed by atoms with Crippen LogP contribution < -0.4 is 5.32 Å². The van der Waals surface area contributed by atoms with Gasteiger partial charge in [-0.25, -0.2) is 4.79 Å². The van der Waals surface area contributed by atoms with Gasteiger partial charge in [-0.2, -0.15) is 0 Å². The molecule has 1 atom stereocenters. The van der Waals surface area contributed by atoms with Crippen molar-refractivity contribution >= 4 is 6.09 Å². The van der Waals surface area contributed by atoms with Crippen molar-refractivity contribution in [1.29, 1.82) is 0 Å². The molecule has 1 unspecified atom stereocenters. The fraction of sp³-hybridized carbons (Fsp3) is 0.350. The lowest BCUT2D eigenvalue weighted by atomic mass is 9.76.